The number of halogens is 2. The molecule has 0 radical (unpaired) electrons. The molecule has 1 aromatic carbocycles. The number of nitrogens with zero attached hydrogens (tertiary/aromatic N) is 2. The summed E-state index contributed by atoms with van der Waals surface area (Å²) in [4.78, 5) is 43.4. The average molecular weight is 446 g/mol. The van der Waals surface area contributed by atoms with E-state index in [0.717, 1.165) is 22.0 Å². The molecule has 160 valence electrons. The van der Waals surface area contributed by atoms with Gasteiger partial charge in [0.1, 0.15) is 22.8 Å². The normalized spacial score (nSPS) is 11.3. The summed E-state index contributed by atoms with van der Waals surface area (Å²) < 4.78 is 34.1. The van der Waals surface area contributed by atoms with E-state index in [-0.39, 0.29) is 39.5 Å². The molecule has 3 heterocycles. The fourth-order valence-corrected chi connectivity index (χ4v) is 3.91. The van der Waals surface area contributed by atoms with Crippen LogP contribution in [0.1, 0.15) is 16.9 Å². The van der Waals surface area contributed by atoms with Gasteiger partial charge >= 0.3 is 5.69 Å². The number of fused-ring (bicyclic) bond motifs is 1. The average Bonchev–Trinajstić information content (AvgIpc) is 3.29. The van der Waals surface area contributed by atoms with E-state index in [9.17, 15) is 23.2 Å². The second kappa shape index (κ2) is 7.58. The van der Waals surface area contributed by atoms with Crippen molar-refractivity contribution in [1.82, 2.24) is 14.5 Å². The van der Waals surface area contributed by atoms with Gasteiger partial charge in [-0.15, -0.1) is 11.3 Å². The maximum absolute atomic E-state index is 14.3. The molecule has 1 amide bonds. The van der Waals surface area contributed by atoms with Gasteiger partial charge in [-0.25, -0.2) is 18.6 Å². The largest absolute Gasteiger partial charge is 0.444 e. The van der Waals surface area contributed by atoms with Crippen LogP contribution in [0.2, 0.25) is 0 Å². The van der Waals surface area contributed by atoms with Gasteiger partial charge in [0.15, 0.2) is 5.13 Å². The quantitative estimate of drug-likeness (QED) is 0.501. The van der Waals surface area contributed by atoms with Gasteiger partial charge in [-0.3, -0.25) is 19.1 Å². The minimum atomic E-state index is -0.714. The van der Waals surface area contributed by atoms with Crippen LogP contribution in [-0.2, 0) is 18.3 Å². The van der Waals surface area contributed by atoms with E-state index in [1.807, 2.05) is 0 Å². The van der Waals surface area contributed by atoms with Gasteiger partial charge in [0.05, 0.1) is 12.1 Å². The van der Waals surface area contributed by atoms with Crippen LogP contribution in [0.5, 0.6) is 0 Å². The molecule has 0 spiro atoms. The first-order valence-corrected chi connectivity index (χ1v) is 9.97. The summed E-state index contributed by atoms with van der Waals surface area (Å²) in [5.74, 6) is -1.52. The highest BCUT2D eigenvalue weighted by atomic mass is 32.1. The number of aromatic nitrogens is 3. The molecule has 0 aliphatic rings. The molecule has 31 heavy (non-hydrogen) atoms. The zero-order valence-electron chi connectivity index (χ0n) is 16.6. The van der Waals surface area contributed by atoms with Crippen molar-refractivity contribution in [3.8, 4) is 11.3 Å². The number of nitrogens with one attached hydrogen (secondary N) is 2. The molecule has 11 heteroatoms. The van der Waals surface area contributed by atoms with Crippen molar-refractivity contribution in [1.29, 1.82) is 0 Å². The number of hydrogen-bond acceptors (Lipinski definition) is 6. The Labute approximate surface area is 177 Å². The summed E-state index contributed by atoms with van der Waals surface area (Å²) in [5, 5.41) is 4.49. The highest BCUT2D eigenvalue weighted by Gasteiger charge is 2.21. The molecule has 0 bridgehead atoms. The van der Waals surface area contributed by atoms with Crippen LogP contribution in [0.25, 0.3) is 22.4 Å². The third-order valence-corrected chi connectivity index (χ3v) is 5.69. The molecule has 8 nitrogen and oxygen atoms in total. The van der Waals surface area contributed by atoms with Crippen molar-refractivity contribution in [3.05, 3.63) is 66.9 Å². The van der Waals surface area contributed by atoms with Gasteiger partial charge in [0, 0.05) is 29.1 Å². The Bertz CT molecular complexity index is 1460. The van der Waals surface area contributed by atoms with Crippen LogP contribution < -0.4 is 16.6 Å². The lowest BCUT2D eigenvalue weighted by Gasteiger charge is -2.04. The van der Waals surface area contributed by atoms with Gasteiger partial charge in [0.2, 0.25) is 11.6 Å². The summed E-state index contributed by atoms with van der Waals surface area (Å²) in [6, 6.07) is 2.44. The summed E-state index contributed by atoms with van der Waals surface area (Å²) in [6.45, 7) is 2.92. The van der Waals surface area contributed by atoms with Crippen molar-refractivity contribution < 1.29 is 18.0 Å². The number of hydrogen-bond donors (Lipinski definition) is 2. The second-order valence-corrected chi connectivity index (χ2v) is 7.79. The number of aromatic amines is 1. The Balaban J connectivity index is 1.59. The fraction of sp³-hybridized carbons (Fsp3) is 0.200. The van der Waals surface area contributed by atoms with Gasteiger partial charge < -0.3 is 9.73 Å². The number of carbonyl (C=O) groups excluding carboxylic acids is 1. The number of thiazole rings is 1. The van der Waals surface area contributed by atoms with E-state index >= 15 is 0 Å². The maximum atomic E-state index is 14.3. The topological polar surface area (TPSA) is 110 Å². The summed E-state index contributed by atoms with van der Waals surface area (Å²) >= 11 is 1.08. The van der Waals surface area contributed by atoms with E-state index < -0.39 is 28.8 Å². The maximum Gasteiger partial charge on any atom is 0.330 e. The number of rotatable bonds is 4. The molecular formula is C20H16F2N4O4S. The number of aryl methyl sites for hydroxylation is 1. The first kappa shape index (κ1) is 20.7. The Morgan fingerprint density at radius 2 is 2.03 bits per heavy atom. The van der Waals surface area contributed by atoms with Crippen LogP contribution in [-0.4, -0.2) is 20.4 Å². The molecule has 0 atom stereocenters. The van der Waals surface area contributed by atoms with Gasteiger partial charge in [0.25, 0.3) is 5.56 Å². The highest BCUT2D eigenvalue weighted by Crippen LogP contribution is 2.29. The van der Waals surface area contributed by atoms with E-state index in [1.165, 1.54) is 20.0 Å². The number of H-pyrrole nitrogens is 1. The fourth-order valence-electron chi connectivity index (χ4n) is 3.18. The number of amides is 1. The molecule has 0 saturated heterocycles. The van der Waals surface area contributed by atoms with Crippen LogP contribution in [0.15, 0.2) is 31.5 Å². The number of anilines is 1. The van der Waals surface area contributed by atoms with Crippen molar-refractivity contribution in [3.63, 3.8) is 0 Å². The Kier molecular flexibility index (Phi) is 5.05. The number of carbonyl (C=O) groups is 1. The summed E-state index contributed by atoms with van der Waals surface area (Å²) in [5.41, 5.74) is -0.568. The molecule has 2 N–H and O–H groups in total. The van der Waals surface area contributed by atoms with E-state index in [2.05, 4.69) is 15.3 Å². The molecule has 0 aliphatic carbocycles. The SMILES string of the molecule is Cc1oc2[nH]c(=O)n(C)c(=O)c2c1CC(=O)Nc1nc(-c2ccc(F)c(C)c2F)cs1. The van der Waals surface area contributed by atoms with E-state index in [0.29, 0.717) is 11.3 Å². The van der Waals surface area contributed by atoms with Crippen LogP contribution in [0, 0.1) is 25.5 Å². The number of benzene rings is 1. The zero-order chi connectivity index (χ0) is 22.4. The molecule has 0 fully saturated rings. The molecular weight excluding hydrogens is 430 g/mol. The van der Waals surface area contributed by atoms with Crippen molar-refractivity contribution >= 4 is 33.5 Å². The molecule has 0 unspecified atom stereocenters. The third kappa shape index (κ3) is 3.56. The van der Waals surface area contributed by atoms with E-state index in [4.69, 9.17) is 4.42 Å². The van der Waals surface area contributed by atoms with Crippen LogP contribution in [0.3, 0.4) is 0 Å². The Hall–Kier alpha value is -3.60. The number of furan rings is 1. The predicted molar refractivity (Wildman–Crippen MR) is 111 cm³/mol. The van der Waals surface area contributed by atoms with Crippen molar-refractivity contribution in [2.75, 3.05) is 5.32 Å². The van der Waals surface area contributed by atoms with Crippen molar-refractivity contribution in [2.24, 2.45) is 7.05 Å². The standard InChI is InChI=1S/C20H16F2N4O4S/c1-8-12(21)5-4-10(16(8)22)13-7-31-19(23-13)24-14(27)6-11-9(2)30-17-15(11)18(28)26(3)20(29)25-17/h4-5,7H,6H2,1-3H3,(H,25,29)(H,23,24,27). The van der Waals surface area contributed by atoms with Gasteiger partial charge in [-0.1, -0.05) is 0 Å². The minimum absolute atomic E-state index is 0.00656. The Morgan fingerprint density at radius 3 is 2.77 bits per heavy atom. The first-order valence-electron chi connectivity index (χ1n) is 9.09. The Morgan fingerprint density at radius 1 is 1.29 bits per heavy atom. The molecule has 4 aromatic rings. The van der Waals surface area contributed by atoms with E-state index in [1.54, 1.807) is 12.3 Å². The summed E-state index contributed by atoms with van der Waals surface area (Å²) in [6.07, 6.45) is -0.195. The molecule has 3 aromatic heterocycles. The summed E-state index contributed by atoms with van der Waals surface area (Å²) in [7, 11) is 1.32. The van der Waals surface area contributed by atoms with Crippen LogP contribution >= 0.6 is 11.3 Å². The van der Waals surface area contributed by atoms with Gasteiger partial charge in [-0.2, -0.15) is 0 Å². The lowest BCUT2D eigenvalue weighted by atomic mass is 10.1. The van der Waals surface area contributed by atoms with Gasteiger partial charge in [-0.05, 0) is 26.0 Å². The lowest BCUT2D eigenvalue weighted by molar-refractivity contribution is -0.115. The second-order valence-electron chi connectivity index (χ2n) is 6.93. The smallest absolute Gasteiger partial charge is 0.330 e. The molecule has 4 rings (SSSR count). The highest BCUT2D eigenvalue weighted by molar-refractivity contribution is 7.14. The van der Waals surface area contributed by atoms with Crippen molar-refractivity contribution in [2.45, 2.75) is 20.3 Å². The molecule has 0 saturated carbocycles. The monoisotopic (exact) mass is 446 g/mol. The zero-order valence-corrected chi connectivity index (χ0v) is 17.4. The lowest BCUT2D eigenvalue weighted by Crippen LogP contribution is -2.32. The molecule has 0 aliphatic heterocycles. The third-order valence-electron chi connectivity index (χ3n) is 4.94. The predicted octanol–water partition coefficient (Wildman–Crippen LogP) is 3.02. The minimum Gasteiger partial charge on any atom is -0.444 e. The van der Waals surface area contributed by atoms with Crippen LogP contribution in [0.4, 0.5) is 13.9 Å². The first-order chi connectivity index (χ1) is 14.7.